The predicted molar refractivity (Wildman–Crippen MR) is 418 cm³/mol. The van der Waals surface area contributed by atoms with Gasteiger partial charge in [0.2, 0.25) is 0 Å². The molecule has 100 heavy (non-hydrogen) atoms. The van der Waals surface area contributed by atoms with E-state index in [1.807, 2.05) is 6.07 Å². The first-order chi connectivity index (χ1) is 49.6. The van der Waals surface area contributed by atoms with Crippen LogP contribution in [-0.4, -0.2) is 29.5 Å². The third-order valence-corrected chi connectivity index (χ3v) is 20.0. The van der Waals surface area contributed by atoms with Gasteiger partial charge >= 0.3 is 0 Å². The molecule has 0 bridgehead atoms. The molecule has 0 spiro atoms. The van der Waals surface area contributed by atoms with Crippen LogP contribution in [0.4, 0.5) is 0 Å². The Morgan fingerprint density at radius 1 is 0.170 bits per heavy atom. The molecule has 20 rings (SSSR count). The van der Waals surface area contributed by atoms with Crippen LogP contribution in [-0.2, 0) is 0 Å². The first-order valence-corrected chi connectivity index (χ1v) is 34.0. The highest BCUT2D eigenvalue weighted by Crippen LogP contribution is 2.44. The lowest BCUT2D eigenvalue weighted by Crippen LogP contribution is -2.02. The smallest absolute Gasteiger partial charge is 0.168 e. The maximum atomic E-state index is 5.04. The van der Waals surface area contributed by atoms with E-state index in [1.54, 1.807) is 0 Å². The van der Waals surface area contributed by atoms with Crippen LogP contribution in [0.1, 0.15) is 0 Å². The first-order valence-electron chi connectivity index (χ1n) is 34.0. The molecule has 0 N–H and O–H groups in total. The van der Waals surface area contributed by atoms with Crippen LogP contribution < -0.4 is 0 Å². The van der Waals surface area contributed by atoms with E-state index < -0.39 is 0 Å². The van der Waals surface area contributed by atoms with Gasteiger partial charge in [0, 0.05) is 54.2 Å². The summed E-state index contributed by atoms with van der Waals surface area (Å²) in [6.45, 7) is 0. The van der Waals surface area contributed by atoms with Crippen molar-refractivity contribution in [2.45, 2.75) is 0 Å². The number of nitrogens with zero attached hydrogens (tertiary/aromatic N) is 6. The minimum absolute atomic E-state index is 0.826. The Bertz CT molecular complexity index is 6530. The van der Waals surface area contributed by atoms with E-state index in [4.69, 9.17) is 20.4 Å². The summed E-state index contributed by atoms with van der Waals surface area (Å²) in [7, 11) is 0. The van der Waals surface area contributed by atoms with Crippen molar-refractivity contribution >= 4 is 97.5 Å². The Morgan fingerprint density at radius 3 is 1.07 bits per heavy atom. The lowest BCUT2D eigenvalue weighted by molar-refractivity contribution is 0.977. The van der Waals surface area contributed by atoms with Gasteiger partial charge in [-0.15, -0.1) is 20.4 Å². The van der Waals surface area contributed by atoms with Crippen molar-refractivity contribution < 1.29 is 0 Å². The molecule has 20 aromatic rings. The molecule has 0 unspecified atom stereocenters. The largest absolute Gasteiger partial charge is 0.292 e. The topological polar surface area (TPSA) is 61.4 Å². The molecule has 0 aliphatic carbocycles. The molecule has 466 valence electrons. The fourth-order valence-corrected chi connectivity index (χ4v) is 15.1. The summed E-state index contributed by atoms with van der Waals surface area (Å²) in [5.74, 6) is 1.65. The van der Waals surface area contributed by atoms with Gasteiger partial charge in [-0.1, -0.05) is 322 Å². The van der Waals surface area contributed by atoms with Gasteiger partial charge in [-0.05, 0) is 130 Å². The van der Waals surface area contributed by atoms with Crippen LogP contribution in [0.25, 0.3) is 187 Å². The number of hydrogen-bond donors (Lipinski definition) is 0. The standard InChI is InChI=1S/C48H31N3.C46H29N3/c1-3-11-32(12-4-1)34-19-21-35(22-20-34)36-23-25-37(26-24-36)47-41-17-9-10-18-42(41)48(50-49-47)51-45-28-27-40(33-13-5-2-6-14-33)30-43(45)44-29-38-15-7-8-16-39(38)31-46(44)51;1-2-12-31(13-3-1)38-22-11-23-42-44(38)41-28-34-15-4-5-16-35(34)29-43(41)49(42)46-40-20-9-8-19-39(40)45(47-48-46)33-26-24-32(25-27-33)37-21-10-17-30-14-6-7-18-36(30)37/h1-31H;1-29H. The third kappa shape index (κ3) is 10.0. The van der Waals surface area contributed by atoms with E-state index in [-0.39, 0.29) is 0 Å². The number of fused-ring (bicyclic) bond motifs is 11. The quantitative estimate of drug-likeness (QED) is 0.144. The molecule has 6 nitrogen and oxygen atoms in total. The minimum Gasteiger partial charge on any atom is -0.292 e. The van der Waals surface area contributed by atoms with Crippen molar-refractivity contribution in [2.75, 3.05) is 0 Å². The van der Waals surface area contributed by atoms with Gasteiger partial charge < -0.3 is 0 Å². The van der Waals surface area contributed by atoms with Crippen molar-refractivity contribution in [3.63, 3.8) is 0 Å². The fraction of sp³-hybridized carbons (Fsp3) is 0. The zero-order chi connectivity index (χ0) is 66.0. The summed E-state index contributed by atoms with van der Waals surface area (Å²) in [4.78, 5) is 0. The summed E-state index contributed by atoms with van der Waals surface area (Å²) in [5, 5.41) is 36.4. The molecule has 0 radical (unpaired) electrons. The Labute approximate surface area is 577 Å². The highest BCUT2D eigenvalue weighted by atomic mass is 15.2. The average Bonchev–Trinajstić information content (AvgIpc) is 1.56. The second-order valence-corrected chi connectivity index (χ2v) is 25.7. The van der Waals surface area contributed by atoms with E-state index in [1.165, 1.54) is 109 Å². The van der Waals surface area contributed by atoms with Gasteiger partial charge in [0.15, 0.2) is 11.6 Å². The lowest BCUT2D eigenvalue weighted by atomic mass is 9.96. The zero-order valence-corrected chi connectivity index (χ0v) is 54.3. The first kappa shape index (κ1) is 58.0. The molecule has 0 aliphatic rings. The molecule has 6 heteroatoms. The van der Waals surface area contributed by atoms with Crippen molar-refractivity contribution in [1.29, 1.82) is 0 Å². The number of hydrogen-bond acceptors (Lipinski definition) is 4. The maximum Gasteiger partial charge on any atom is 0.168 e. The van der Waals surface area contributed by atoms with Crippen molar-refractivity contribution in [3.8, 4) is 89.8 Å². The van der Waals surface area contributed by atoms with Crippen LogP contribution in [0.3, 0.4) is 0 Å². The second-order valence-electron chi connectivity index (χ2n) is 25.7. The van der Waals surface area contributed by atoms with Crippen LogP contribution in [0, 0.1) is 0 Å². The Balaban J connectivity index is 0.000000139. The molecule has 0 saturated carbocycles. The number of benzene rings is 16. The maximum absolute atomic E-state index is 5.04. The molecule has 4 aromatic heterocycles. The summed E-state index contributed by atoms with van der Waals surface area (Å²) in [5.41, 5.74) is 20.3. The Kier molecular flexibility index (Phi) is 14.1. The molecule has 0 aliphatic heterocycles. The van der Waals surface area contributed by atoms with E-state index >= 15 is 0 Å². The van der Waals surface area contributed by atoms with Crippen LogP contribution in [0.2, 0.25) is 0 Å². The average molecular weight is 1270 g/mol. The highest BCUT2D eigenvalue weighted by molar-refractivity contribution is 6.20. The minimum atomic E-state index is 0.826. The van der Waals surface area contributed by atoms with Gasteiger partial charge in [0.05, 0.1) is 22.1 Å². The molecule has 0 atom stereocenters. The van der Waals surface area contributed by atoms with Gasteiger partial charge in [-0.2, -0.15) is 0 Å². The van der Waals surface area contributed by atoms with Gasteiger partial charge in [0.1, 0.15) is 11.4 Å². The number of rotatable bonds is 9. The normalized spacial score (nSPS) is 11.6. The van der Waals surface area contributed by atoms with Gasteiger partial charge in [-0.25, -0.2) is 0 Å². The SMILES string of the molecule is c1ccc(-c2ccc(-c3ccc(-c4nnc(-n5c6ccc(-c7ccccc7)cc6c6cc7ccccc7cc65)c5ccccc45)cc3)cc2)cc1.c1ccc(-c2cccc3c2c2cc4ccccc4cc2n3-c2nnc(-c3ccc(-c4cccc5ccccc45)cc3)c3ccccc23)cc1. The summed E-state index contributed by atoms with van der Waals surface area (Å²) < 4.78 is 4.61. The van der Waals surface area contributed by atoms with E-state index in [0.717, 1.165) is 77.8 Å². The monoisotopic (exact) mass is 1270 g/mol. The van der Waals surface area contributed by atoms with E-state index in [9.17, 15) is 0 Å². The fourth-order valence-electron chi connectivity index (χ4n) is 15.1. The Morgan fingerprint density at radius 2 is 0.520 bits per heavy atom. The molecule has 16 aromatic carbocycles. The zero-order valence-electron chi connectivity index (χ0n) is 54.3. The summed E-state index contributed by atoms with van der Waals surface area (Å²) in [6.07, 6.45) is 0. The van der Waals surface area contributed by atoms with Crippen LogP contribution in [0.5, 0.6) is 0 Å². The molecule has 0 saturated heterocycles. The van der Waals surface area contributed by atoms with Crippen molar-refractivity contribution in [2.24, 2.45) is 0 Å². The van der Waals surface area contributed by atoms with E-state index in [0.29, 0.717) is 0 Å². The number of aromatic nitrogens is 6. The molecular formula is C94H60N6. The molecular weight excluding hydrogens is 1210 g/mol. The lowest BCUT2D eigenvalue weighted by Gasteiger charge is -2.13. The molecule has 4 heterocycles. The highest BCUT2D eigenvalue weighted by Gasteiger charge is 2.23. The van der Waals surface area contributed by atoms with Gasteiger partial charge in [0.25, 0.3) is 0 Å². The summed E-state index contributed by atoms with van der Waals surface area (Å²) in [6, 6.07) is 130. The predicted octanol–water partition coefficient (Wildman–Crippen LogP) is 24.6. The molecule has 0 amide bonds. The summed E-state index contributed by atoms with van der Waals surface area (Å²) >= 11 is 0. The van der Waals surface area contributed by atoms with Crippen LogP contribution in [0.15, 0.2) is 364 Å². The second kappa shape index (κ2) is 24.3. The third-order valence-electron chi connectivity index (χ3n) is 20.0. The van der Waals surface area contributed by atoms with E-state index in [2.05, 4.69) is 367 Å². The van der Waals surface area contributed by atoms with Gasteiger partial charge in [-0.3, -0.25) is 9.13 Å². The van der Waals surface area contributed by atoms with Crippen molar-refractivity contribution in [1.82, 2.24) is 29.5 Å². The molecule has 0 fully saturated rings. The van der Waals surface area contributed by atoms with Crippen LogP contribution >= 0.6 is 0 Å². The van der Waals surface area contributed by atoms with Crippen molar-refractivity contribution in [3.05, 3.63) is 364 Å². The Hall–Kier alpha value is -13.4.